The molecule has 126 valence electrons. The molecule has 0 saturated carbocycles. The van der Waals surface area contributed by atoms with Crippen molar-refractivity contribution in [3.8, 4) is 11.8 Å². The lowest BCUT2D eigenvalue weighted by molar-refractivity contribution is 0.806. The molecule has 0 unspecified atom stereocenters. The van der Waals surface area contributed by atoms with Gasteiger partial charge in [0.15, 0.2) is 5.16 Å². The first-order valence-corrected chi connectivity index (χ1v) is 9.11. The van der Waals surface area contributed by atoms with Crippen LogP contribution in [0.3, 0.4) is 0 Å². The minimum atomic E-state index is -0.110. The number of hydrogen-bond acceptors (Lipinski definition) is 4. The first-order chi connectivity index (χ1) is 12.0. The maximum absolute atomic E-state index is 13.1. The zero-order chi connectivity index (χ0) is 18.0. The Balaban J connectivity index is 2.22. The molecule has 1 heterocycles. The Morgan fingerprint density at radius 3 is 2.68 bits per heavy atom. The molecule has 0 amide bonds. The van der Waals surface area contributed by atoms with E-state index in [1.54, 1.807) is 10.6 Å². The van der Waals surface area contributed by atoms with Gasteiger partial charge in [-0.25, -0.2) is 4.98 Å². The van der Waals surface area contributed by atoms with Crippen LogP contribution in [0.15, 0.2) is 52.4 Å². The average molecular weight is 349 g/mol. The number of para-hydroxylation sites is 1. The van der Waals surface area contributed by atoms with Crippen LogP contribution < -0.4 is 5.56 Å². The summed E-state index contributed by atoms with van der Waals surface area (Å²) < 4.78 is 1.66. The molecular weight excluding hydrogens is 330 g/mol. The highest BCUT2D eigenvalue weighted by Crippen LogP contribution is 2.24. The number of fused-ring (bicyclic) bond motifs is 1. The molecule has 5 heteroatoms. The number of thioether (sulfide) groups is 1. The maximum Gasteiger partial charge on any atom is 0.266 e. The predicted molar refractivity (Wildman–Crippen MR) is 102 cm³/mol. The fourth-order valence-corrected chi connectivity index (χ4v) is 3.49. The first kappa shape index (κ1) is 17.2. The van der Waals surface area contributed by atoms with Gasteiger partial charge in [0.25, 0.3) is 5.56 Å². The van der Waals surface area contributed by atoms with E-state index in [0.717, 1.165) is 11.3 Å². The van der Waals surface area contributed by atoms with E-state index >= 15 is 0 Å². The van der Waals surface area contributed by atoms with Gasteiger partial charge in [0.2, 0.25) is 0 Å². The Hall–Kier alpha value is -2.58. The topological polar surface area (TPSA) is 58.7 Å². The molecule has 0 bridgehead atoms. The van der Waals surface area contributed by atoms with E-state index in [1.807, 2.05) is 57.2 Å². The molecule has 3 rings (SSSR count). The second kappa shape index (κ2) is 7.12. The summed E-state index contributed by atoms with van der Waals surface area (Å²) in [6.45, 7) is 5.94. The summed E-state index contributed by atoms with van der Waals surface area (Å²) in [6.07, 6.45) is 0. The van der Waals surface area contributed by atoms with Gasteiger partial charge in [-0.1, -0.05) is 30.0 Å². The summed E-state index contributed by atoms with van der Waals surface area (Å²) in [4.78, 5) is 17.8. The van der Waals surface area contributed by atoms with Crippen molar-refractivity contribution in [1.29, 1.82) is 5.26 Å². The monoisotopic (exact) mass is 349 g/mol. The van der Waals surface area contributed by atoms with Crippen LogP contribution in [0.1, 0.15) is 18.1 Å². The SMILES string of the molecule is Cc1ccc(-n2c(SC[C@@H](C)C#N)nc3ccccc3c2=O)cc1C. The van der Waals surface area contributed by atoms with E-state index in [-0.39, 0.29) is 11.5 Å². The van der Waals surface area contributed by atoms with Gasteiger partial charge in [-0.3, -0.25) is 9.36 Å². The number of aryl methyl sites for hydroxylation is 2. The lowest BCUT2D eigenvalue weighted by atomic mass is 10.1. The molecule has 0 spiro atoms. The van der Waals surface area contributed by atoms with Crippen molar-refractivity contribution in [2.45, 2.75) is 25.9 Å². The van der Waals surface area contributed by atoms with Crippen molar-refractivity contribution in [3.05, 3.63) is 63.9 Å². The van der Waals surface area contributed by atoms with Crippen LogP contribution >= 0.6 is 11.8 Å². The summed E-state index contributed by atoms with van der Waals surface area (Å²) in [7, 11) is 0. The van der Waals surface area contributed by atoms with Gasteiger partial charge in [-0.05, 0) is 56.2 Å². The Morgan fingerprint density at radius 1 is 1.20 bits per heavy atom. The zero-order valence-corrected chi connectivity index (χ0v) is 15.3. The third-order valence-corrected chi connectivity index (χ3v) is 5.38. The molecule has 1 aromatic heterocycles. The summed E-state index contributed by atoms with van der Waals surface area (Å²) in [6, 6.07) is 15.6. The third-order valence-electron chi connectivity index (χ3n) is 4.18. The van der Waals surface area contributed by atoms with Gasteiger partial charge in [0, 0.05) is 5.75 Å². The fraction of sp³-hybridized carbons (Fsp3) is 0.250. The highest BCUT2D eigenvalue weighted by atomic mass is 32.2. The van der Waals surface area contributed by atoms with Crippen LogP contribution in [0.2, 0.25) is 0 Å². The predicted octanol–water partition coefficient (Wildman–Crippen LogP) is 4.25. The molecule has 0 radical (unpaired) electrons. The highest BCUT2D eigenvalue weighted by molar-refractivity contribution is 7.99. The van der Waals surface area contributed by atoms with Crippen LogP contribution in [-0.2, 0) is 0 Å². The molecule has 3 aromatic rings. The number of rotatable bonds is 4. The van der Waals surface area contributed by atoms with E-state index in [9.17, 15) is 4.79 Å². The number of hydrogen-bond donors (Lipinski definition) is 0. The van der Waals surface area contributed by atoms with Gasteiger partial charge in [-0.2, -0.15) is 5.26 Å². The van der Waals surface area contributed by atoms with Gasteiger partial charge >= 0.3 is 0 Å². The van der Waals surface area contributed by atoms with Crippen LogP contribution in [0.25, 0.3) is 16.6 Å². The molecule has 4 nitrogen and oxygen atoms in total. The minimum absolute atomic E-state index is 0.0824. The van der Waals surface area contributed by atoms with Crippen LogP contribution in [0.5, 0.6) is 0 Å². The second-order valence-corrected chi connectivity index (χ2v) is 7.15. The Kier molecular flexibility index (Phi) is 4.91. The van der Waals surface area contributed by atoms with Crippen LogP contribution in [0, 0.1) is 31.1 Å². The van der Waals surface area contributed by atoms with Crippen molar-refractivity contribution in [2.75, 3.05) is 5.75 Å². The maximum atomic E-state index is 13.1. The molecule has 25 heavy (non-hydrogen) atoms. The zero-order valence-electron chi connectivity index (χ0n) is 14.5. The van der Waals surface area contributed by atoms with Crippen LogP contribution in [0.4, 0.5) is 0 Å². The number of nitrogens with zero attached hydrogens (tertiary/aromatic N) is 3. The van der Waals surface area contributed by atoms with E-state index in [1.165, 1.54) is 17.3 Å². The lowest BCUT2D eigenvalue weighted by Gasteiger charge is -2.14. The van der Waals surface area contributed by atoms with Crippen molar-refractivity contribution < 1.29 is 0 Å². The van der Waals surface area contributed by atoms with Crippen molar-refractivity contribution >= 4 is 22.7 Å². The molecule has 2 aromatic carbocycles. The number of aromatic nitrogens is 2. The van der Waals surface area contributed by atoms with E-state index in [0.29, 0.717) is 21.8 Å². The van der Waals surface area contributed by atoms with Gasteiger partial charge in [-0.15, -0.1) is 0 Å². The molecule has 0 aliphatic heterocycles. The standard InChI is InChI=1S/C20H19N3OS/c1-13(11-21)12-25-20-22-18-7-5-4-6-17(18)19(24)23(20)16-9-8-14(2)15(3)10-16/h4-10,13H,12H2,1-3H3/t13-/m0/s1. The summed E-state index contributed by atoms with van der Waals surface area (Å²) in [5.74, 6) is 0.480. The van der Waals surface area contributed by atoms with Crippen molar-refractivity contribution in [1.82, 2.24) is 9.55 Å². The molecule has 0 aliphatic carbocycles. The molecule has 0 fully saturated rings. The van der Waals surface area contributed by atoms with E-state index < -0.39 is 0 Å². The smallest absolute Gasteiger partial charge is 0.266 e. The minimum Gasteiger partial charge on any atom is -0.268 e. The van der Waals surface area contributed by atoms with Crippen molar-refractivity contribution in [2.24, 2.45) is 5.92 Å². The van der Waals surface area contributed by atoms with E-state index in [4.69, 9.17) is 5.26 Å². The normalized spacial score (nSPS) is 12.1. The Bertz CT molecular complexity index is 1030. The lowest BCUT2D eigenvalue weighted by Crippen LogP contribution is -2.22. The second-order valence-electron chi connectivity index (χ2n) is 6.16. The fourth-order valence-electron chi connectivity index (χ4n) is 2.54. The summed E-state index contributed by atoms with van der Waals surface area (Å²) in [5, 5.41) is 10.3. The van der Waals surface area contributed by atoms with Gasteiger partial charge < -0.3 is 0 Å². The molecular formula is C20H19N3OS. The molecule has 1 atom stereocenters. The number of nitriles is 1. The van der Waals surface area contributed by atoms with Crippen LogP contribution in [-0.4, -0.2) is 15.3 Å². The Morgan fingerprint density at radius 2 is 1.96 bits per heavy atom. The number of benzene rings is 2. The molecule has 0 saturated heterocycles. The molecule has 0 aliphatic rings. The van der Waals surface area contributed by atoms with Crippen molar-refractivity contribution in [3.63, 3.8) is 0 Å². The van der Waals surface area contributed by atoms with Gasteiger partial charge in [0.1, 0.15) is 0 Å². The van der Waals surface area contributed by atoms with E-state index in [2.05, 4.69) is 11.1 Å². The first-order valence-electron chi connectivity index (χ1n) is 8.13. The Labute approximate surface area is 151 Å². The quantitative estimate of drug-likeness (QED) is 0.522. The third kappa shape index (κ3) is 3.45. The summed E-state index contributed by atoms with van der Waals surface area (Å²) in [5.41, 5.74) is 3.70. The average Bonchev–Trinajstić information content (AvgIpc) is 2.62. The highest BCUT2D eigenvalue weighted by Gasteiger charge is 2.14. The largest absolute Gasteiger partial charge is 0.268 e. The van der Waals surface area contributed by atoms with Gasteiger partial charge in [0.05, 0.1) is 28.6 Å². The summed E-state index contributed by atoms with van der Waals surface area (Å²) >= 11 is 1.44. The molecule has 0 N–H and O–H groups in total.